The molecule has 1 aliphatic rings. The van der Waals surface area contributed by atoms with Crippen molar-refractivity contribution in [3.05, 3.63) is 34.9 Å². The van der Waals surface area contributed by atoms with Crippen molar-refractivity contribution in [3.8, 4) is 0 Å². The first-order valence-corrected chi connectivity index (χ1v) is 8.45. The third kappa shape index (κ3) is 6.20. The van der Waals surface area contributed by atoms with Gasteiger partial charge in [-0.2, -0.15) is 0 Å². The minimum Gasteiger partial charge on any atom is -0.369 e. The van der Waals surface area contributed by atoms with Gasteiger partial charge in [-0.25, -0.2) is 0 Å². The zero-order chi connectivity index (χ0) is 16.7. The standard InChI is InChI=1S/C17H24ClN3O2/c18-15-5-3-13(4-6-15)2-1-9-20-17(23)14-7-10-21(11-8-14)12-16(19)22/h3-6,14H,1-2,7-12H2,(H2,19,22)(H,20,23). The van der Waals surface area contributed by atoms with E-state index in [0.29, 0.717) is 6.54 Å². The van der Waals surface area contributed by atoms with E-state index < -0.39 is 0 Å². The SMILES string of the molecule is NC(=O)CN1CCC(C(=O)NCCCc2ccc(Cl)cc2)CC1. The zero-order valence-electron chi connectivity index (χ0n) is 13.3. The van der Waals surface area contributed by atoms with Crippen LogP contribution < -0.4 is 11.1 Å². The van der Waals surface area contributed by atoms with Crippen molar-refractivity contribution in [2.75, 3.05) is 26.2 Å². The van der Waals surface area contributed by atoms with Gasteiger partial charge in [0.2, 0.25) is 11.8 Å². The Morgan fingerprint density at radius 1 is 1.22 bits per heavy atom. The average molecular weight is 338 g/mol. The van der Waals surface area contributed by atoms with Gasteiger partial charge in [0.25, 0.3) is 0 Å². The number of hydrogen-bond acceptors (Lipinski definition) is 3. The Morgan fingerprint density at radius 2 is 1.87 bits per heavy atom. The van der Waals surface area contributed by atoms with Gasteiger partial charge in [0, 0.05) is 17.5 Å². The second-order valence-corrected chi connectivity index (χ2v) is 6.47. The molecule has 3 N–H and O–H groups in total. The molecule has 0 unspecified atom stereocenters. The van der Waals surface area contributed by atoms with Crippen LogP contribution >= 0.6 is 11.6 Å². The molecule has 0 aromatic heterocycles. The molecule has 6 heteroatoms. The summed E-state index contributed by atoms with van der Waals surface area (Å²) in [6.45, 7) is 2.48. The van der Waals surface area contributed by atoms with Crippen molar-refractivity contribution in [1.82, 2.24) is 10.2 Å². The lowest BCUT2D eigenvalue weighted by Crippen LogP contribution is -2.43. The van der Waals surface area contributed by atoms with Gasteiger partial charge in [0.1, 0.15) is 0 Å². The van der Waals surface area contributed by atoms with E-state index in [2.05, 4.69) is 5.32 Å². The Hall–Kier alpha value is -1.59. The number of piperidine rings is 1. The highest BCUT2D eigenvalue weighted by molar-refractivity contribution is 6.30. The Kier molecular flexibility index (Phi) is 6.86. The summed E-state index contributed by atoms with van der Waals surface area (Å²) in [4.78, 5) is 25.0. The summed E-state index contributed by atoms with van der Waals surface area (Å²) in [6, 6.07) is 7.79. The first-order chi connectivity index (χ1) is 11.0. The number of rotatable bonds is 7. The molecule has 1 aliphatic heterocycles. The molecule has 0 saturated carbocycles. The normalized spacial score (nSPS) is 16.2. The van der Waals surface area contributed by atoms with Gasteiger partial charge < -0.3 is 11.1 Å². The van der Waals surface area contributed by atoms with E-state index in [-0.39, 0.29) is 24.3 Å². The summed E-state index contributed by atoms with van der Waals surface area (Å²) in [5, 5.41) is 3.75. The van der Waals surface area contributed by atoms with E-state index in [1.807, 2.05) is 29.2 Å². The fourth-order valence-corrected chi connectivity index (χ4v) is 3.00. The van der Waals surface area contributed by atoms with E-state index in [1.54, 1.807) is 0 Å². The molecule has 0 atom stereocenters. The van der Waals surface area contributed by atoms with Crippen LogP contribution in [0.4, 0.5) is 0 Å². The van der Waals surface area contributed by atoms with Crippen molar-refractivity contribution in [1.29, 1.82) is 0 Å². The third-order valence-electron chi connectivity index (χ3n) is 4.19. The average Bonchev–Trinajstić information content (AvgIpc) is 2.53. The summed E-state index contributed by atoms with van der Waals surface area (Å²) in [6.07, 6.45) is 3.41. The molecule has 0 aliphatic carbocycles. The minimum atomic E-state index is -0.310. The number of amides is 2. The lowest BCUT2D eigenvalue weighted by molar-refractivity contribution is -0.126. The van der Waals surface area contributed by atoms with Crippen LogP contribution in [0.2, 0.25) is 5.02 Å². The predicted octanol–water partition coefficient (Wildman–Crippen LogP) is 1.59. The zero-order valence-corrected chi connectivity index (χ0v) is 14.0. The number of aryl methyl sites for hydroxylation is 1. The van der Waals surface area contributed by atoms with Gasteiger partial charge in [-0.3, -0.25) is 14.5 Å². The highest BCUT2D eigenvalue weighted by Gasteiger charge is 2.25. The van der Waals surface area contributed by atoms with Gasteiger partial charge in [0.05, 0.1) is 6.54 Å². The van der Waals surface area contributed by atoms with E-state index >= 15 is 0 Å². The van der Waals surface area contributed by atoms with E-state index in [9.17, 15) is 9.59 Å². The molecule has 2 amide bonds. The first-order valence-electron chi connectivity index (χ1n) is 8.07. The van der Waals surface area contributed by atoms with Gasteiger partial charge in [-0.15, -0.1) is 0 Å². The fourth-order valence-electron chi connectivity index (χ4n) is 2.87. The molecule has 23 heavy (non-hydrogen) atoms. The van der Waals surface area contributed by atoms with Gasteiger partial charge in [-0.05, 0) is 56.5 Å². The maximum Gasteiger partial charge on any atom is 0.231 e. The first kappa shape index (κ1) is 17.8. The summed E-state index contributed by atoms with van der Waals surface area (Å²) < 4.78 is 0. The van der Waals surface area contributed by atoms with E-state index in [4.69, 9.17) is 17.3 Å². The maximum atomic E-state index is 12.1. The van der Waals surface area contributed by atoms with Crippen molar-refractivity contribution in [2.24, 2.45) is 11.7 Å². The lowest BCUT2D eigenvalue weighted by Gasteiger charge is -2.30. The number of primary amides is 1. The monoisotopic (exact) mass is 337 g/mol. The molecule has 1 aromatic rings. The van der Waals surface area contributed by atoms with Crippen molar-refractivity contribution < 1.29 is 9.59 Å². The van der Waals surface area contributed by atoms with E-state index in [1.165, 1.54) is 5.56 Å². The number of benzene rings is 1. The highest BCUT2D eigenvalue weighted by Crippen LogP contribution is 2.17. The van der Waals surface area contributed by atoms with Crippen molar-refractivity contribution in [3.63, 3.8) is 0 Å². The van der Waals surface area contributed by atoms with Crippen molar-refractivity contribution >= 4 is 23.4 Å². The van der Waals surface area contributed by atoms with Crippen LogP contribution in [0.3, 0.4) is 0 Å². The number of carbonyl (C=O) groups is 2. The molecule has 0 radical (unpaired) electrons. The van der Waals surface area contributed by atoms with Gasteiger partial charge >= 0.3 is 0 Å². The van der Waals surface area contributed by atoms with Crippen LogP contribution in [-0.4, -0.2) is 42.9 Å². The number of halogens is 1. The van der Waals surface area contributed by atoms with Crippen LogP contribution in [0.1, 0.15) is 24.8 Å². The van der Waals surface area contributed by atoms with Crippen LogP contribution in [0.15, 0.2) is 24.3 Å². The molecule has 126 valence electrons. The highest BCUT2D eigenvalue weighted by atomic mass is 35.5. The van der Waals surface area contributed by atoms with Crippen molar-refractivity contribution in [2.45, 2.75) is 25.7 Å². The Balaban J connectivity index is 1.62. The van der Waals surface area contributed by atoms with Crippen LogP contribution in [-0.2, 0) is 16.0 Å². The lowest BCUT2D eigenvalue weighted by atomic mass is 9.96. The topological polar surface area (TPSA) is 75.4 Å². The van der Waals surface area contributed by atoms with Gasteiger partial charge in [0.15, 0.2) is 0 Å². The smallest absolute Gasteiger partial charge is 0.231 e. The summed E-state index contributed by atoms with van der Waals surface area (Å²) in [5.74, 6) is -0.135. The number of nitrogens with one attached hydrogen (secondary N) is 1. The van der Waals surface area contributed by atoms with Crippen LogP contribution in [0.25, 0.3) is 0 Å². The molecule has 5 nitrogen and oxygen atoms in total. The number of likely N-dealkylation sites (tertiary alicyclic amines) is 1. The third-order valence-corrected chi connectivity index (χ3v) is 4.44. The van der Waals surface area contributed by atoms with Gasteiger partial charge in [-0.1, -0.05) is 23.7 Å². The minimum absolute atomic E-state index is 0.0506. The molecule has 1 fully saturated rings. The second kappa shape index (κ2) is 8.89. The summed E-state index contributed by atoms with van der Waals surface area (Å²) in [7, 11) is 0. The predicted molar refractivity (Wildman–Crippen MR) is 91.1 cm³/mol. The number of carbonyl (C=O) groups excluding carboxylic acids is 2. The molecule has 2 rings (SSSR count). The molecule has 0 bridgehead atoms. The summed E-state index contributed by atoms with van der Waals surface area (Å²) in [5.41, 5.74) is 6.41. The number of nitrogens with zero attached hydrogens (tertiary/aromatic N) is 1. The second-order valence-electron chi connectivity index (χ2n) is 6.04. The Bertz CT molecular complexity index is 525. The molecule has 1 heterocycles. The van der Waals surface area contributed by atoms with E-state index in [0.717, 1.165) is 43.8 Å². The van der Waals surface area contributed by atoms with Crippen LogP contribution in [0.5, 0.6) is 0 Å². The molecule has 1 saturated heterocycles. The molecule has 0 spiro atoms. The number of hydrogen-bond donors (Lipinski definition) is 2. The largest absolute Gasteiger partial charge is 0.369 e. The number of nitrogens with two attached hydrogens (primary N) is 1. The Labute approximate surface area is 142 Å². The quantitative estimate of drug-likeness (QED) is 0.742. The maximum absolute atomic E-state index is 12.1. The Morgan fingerprint density at radius 3 is 2.48 bits per heavy atom. The molecule has 1 aromatic carbocycles. The molecular weight excluding hydrogens is 314 g/mol. The molecular formula is C17H24ClN3O2. The summed E-state index contributed by atoms with van der Waals surface area (Å²) >= 11 is 5.85. The fraction of sp³-hybridized carbons (Fsp3) is 0.529. The van der Waals surface area contributed by atoms with Crippen LogP contribution in [0, 0.1) is 5.92 Å².